The molecule has 2 unspecified atom stereocenters. The summed E-state index contributed by atoms with van der Waals surface area (Å²) in [5, 5.41) is 10.8. The monoisotopic (exact) mass is 282 g/mol. The molecule has 0 N–H and O–H groups in total. The van der Waals surface area contributed by atoms with Crippen molar-refractivity contribution in [1.82, 2.24) is 10.2 Å². The van der Waals surface area contributed by atoms with Crippen molar-refractivity contribution < 1.29 is 0 Å². The third-order valence-electron chi connectivity index (χ3n) is 2.72. The quantitative estimate of drug-likeness (QED) is 0.771. The first-order valence-electron chi connectivity index (χ1n) is 5.46. The fourth-order valence-corrected chi connectivity index (χ4v) is 4.26. The van der Waals surface area contributed by atoms with E-state index in [1.54, 1.807) is 11.3 Å². The van der Waals surface area contributed by atoms with Crippen LogP contribution in [-0.2, 0) is 6.42 Å². The summed E-state index contributed by atoms with van der Waals surface area (Å²) >= 11 is 9.53. The Labute approximate surface area is 113 Å². The molecule has 1 aromatic heterocycles. The lowest BCUT2D eigenvalue weighted by Gasteiger charge is -2.01. The molecule has 0 fully saturated rings. The number of halogens is 1. The van der Waals surface area contributed by atoms with E-state index in [9.17, 15) is 0 Å². The molecule has 1 aliphatic heterocycles. The van der Waals surface area contributed by atoms with Gasteiger partial charge in [0.1, 0.15) is 10.0 Å². The summed E-state index contributed by atoms with van der Waals surface area (Å²) in [7, 11) is 0. The molecular weight excluding hydrogens is 272 g/mol. The second-order valence-corrected chi connectivity index (χ2v) is 6.95. The summed E-state index contributed by atoms with van der Waals surface area (Å²) in [6, 6.07) is 8.54. The number of rotatable bonds is 2. The van der Waals surface area contributed by atoms with Crippen molar-refractivity contribution in [3.63, 3.8) is 0 Å². The SMILES string of the molecule is CC(Cl)c1nnc(C2Cc3ccccc3S2)s1. The molecule has 2 aromatic rings. The lowest BCUT2D eigenvalue weighted by atomic mass is 10.1. The van der Waals surface area contributed by atoms with Crippen LogP contribution in [0.2, 0.25) is 0 Å². The van der Waals surface area contributed by atoms with Crippen molar-refractivity contribution >= 4 is 34.7 Å². The van der Waals surface area contributed by atoms with E-state index in [1.807, 2.05) is 18.7 Å². The molecule has 2 heterocycles. The highest BCUT2D eigenvalue weighted by molar-refractivity contribution is 8.00. The normalized spacial score (nSPS) is 20.2. The van der Waals surface area contributed by atoms with Crippen LogP contribution in [0.3, 0.4) is 0 Å². The van der Waals surface area contributed by atoms with Crippen LogP contribution in [0.4, 0.5) is 0 Å². The Bertz CT molecular complexity index is 514. The summed E-state index contributed by atoms with van der Waals surface area (Å²) in [5.41, 5.74) is 1.41. The molecule has 3 rings (SSSR count). The van der Waals surface area contributed by atoms with Gasteiger partial charge in [0.15, 0.2) is 0 Å². The number of fused-ring (bicyclic) bond motifs is 1. The predicted octanol–water partition coefficient (Wildman–Crippen LogP) is 4.23. The standard InChI is InChI=1S/C12H11ClN2S2/c1-7(13)11-14-15-12(17-11)10-6-8-4-2-3-5-9(8)16-10/h2-5,7,10H,6H2,1H3. The van der Waals surface area contributed by atoms with E-state index in [-0.39, 0.29) is 5.38 Å². The molecular formula is C12H11ClN2S2. The van der Waals surface area contributed by atoms with Crippen LogP contribution in [0.1, 0.15) is 33.1 Å². The average Bonchev–Trinajstić information content (AvgIpc) is 2.95. The minimum absolute atomic E-state index is 0.0463. The van der Waals surface area contributed by atoms with Gasteiger partial charge in [-0.3, -0.25) is 0 Å². The van der Waals surface area contributed by atoms with Crippen molar-refractivity contribution in [2.75, 3.05) is 0 Å². The molecule has 2 atom stereocenters. The van der Waals surface area contributed by atoms with Gasteiger partial charge in [-0.15, -0.1) is 33.6 Å². The molecule has 1 aliphatic rings. The fourth-order valence-electron chi connectivity index (χ4n) is 1.86. The van der Waals surface area contributed by atoms with Crippen LogP contribution < -0.4 is 0 Å². The van der Waals surface area contributed by atoms with Gasteiger partial charge in [0.25, 0.3) is 0 Å². The van der Waals surface area contributed by atoms with Gasteiger partial charge in [-0.1, -0.05) is 29.5 Å². The molecule has 0 bridgehead atoms. The van der Waals surface area contributed by atoms with E-state index in [4.69, 9.17) is 11.6 Å². The zero-order chi connectivity index (χ0) is 11.8. The topological polar surface area (TPSA) is 25.8 Å². The van der Waals surface area contributed by atoms with Crippen LogP contribution in [0.5, 0.6) is 0 Å². The first-order chi connectivity index (χ1) is 8.24. The van der Waals surface area contributed by atoms with Gasteiger partial charge in [0, 0.05) is 4.90 Å². The summed E-state index contributed by atoms with van der Waals surface area (Å²) in [6.45, 7) is 1.93. The molecule has 0 saturated carbocycles. The Morgan fingerprint density at radius 2 is 2.18 bits per heavy atom. The number of alkyl halides is 1. The van der Waals surface area contributed by atoms with Gasteiger partial charge in [-0.2, -0.15) is 0 Å². The molecule has 0 saturated heterocycles. The van der Waals surface area contributed by atoms with E-state index in [2.05, 4.69) is 34.5 Å². The van der Waals surface area contributed by atoms with Crippen LogP contribution in [0, 0.1) is 0 Å². The first kappa shape index (κ1) is 11.5. The maximum atomic E-state index is 6.01. The van der Waals surface area contributed by atoms with Gasteiger partial charge in [0.2, 0.25) is 0 Å². The molecule has 88 valence electrons. The average molecular weight is 283 g/mol. The Morgan fingerprint density at radius 3 is 2.88 bits per heavy atom. The highest BCUT2D eigenvalue weighted by Gasteiger charge is 2.26. The van der Waals surface area contributed by atoms with Gasteiger partial charge >= 0.3 is 0 Å². The minimum Gasteiger partial charge on any atom is -0.142 e. The van der Waals surface area contributed by atoms with Crippen LogP contribution in [0.15, 0.2) is 29.2 Å². The highest BCUT2D eigenvalue weighted by atomic mass is 35.5. The summed E-state index contributed by atoms with van der Waals surface area (Å²) in [6.07, 6.45) is 1.05. The van der Waals surface area contributed by atoms with Gasteiger partial charge in [-0.05, 0) is 25.0 Å². The fraction of sp³-hybridized carbons (Fsp3) is 0.333. The zero-order valence-electron chi connectivity index (χ0n) is 9.26. The second-order valence-electron chi connectivity index (χ2n) is 4.01. The predicted molar refractivity (Wildman–Crippen MR) is 72.9 cm³/mol. The van der Waals surface area contributed by atoms with Crippen molar-refractivity contribution in [3.8, 4) is 0 Å². The van der Waals surface area contributed by atoms with Crippen molar-refractivity contribution in [3.05, 3.63) is 39.8 Å². The molecule has 0 radical (unpaired) electrons. The molecule has 0 spiro atoms. The highest BCUT2D eigenvalue weighted by Crippen LogP contribution is 2.47. The lowest BCUT2D eigenvalue weighted by molar-refractivity contribution is 0.877. The molecule has 1 aromatic carbocycles. The van der Waals surface area contributed by atoms with E-state index >= 15 is 0 Å². The summed E-state index contributed by atoms with van der Waals surface area (Å²) < 4.78 is 0. The number of aromatic nitrogens is 2. The van der Waals surface area contributed by atoms with E-state index in [1.165, 1.54) is 10.5 Å². The number of nitrogens with zero attached hydrogens (tertiary/aromatic N) is 2. The van der Waals surface area contributed by atoms with Crippen LogP contribution in [0.25, 0.3) is 0 Å². The number of thioether (sulfide) groups is 1. The molecule has 0 amide bonds. The Morgan fingerprint density at radius 1 is 1.35 bits per heavy atom. The van der Waals surface area contributed by atoms with Gasteiger partial charge in [0.05, 0.1) is 10.6 Å². The maximum absolute atomic E-state index is 6.01. The Hall–Kier alpha value is -0.580. The maximum Gasteiger partial charge on any atom is 0.135 e. The number of hydrogen-bond acceptors (Lipinski definition) is 4. The molecule has 17 heavy (non-hydrogen) atoms. The van der Waals surface area contributed by atoms with E-state index < -0.39 is 0 Å². The third-order valence-corrected chi connectivity index (χ3v) is 5.75. The molecule has 5 heteroatoms. The summed E-state index contributed by atoms with van der Waals surface area (Å²) in [4.78, 5) is 1.37. The number of hydrogen-bond donors (Lipinski definition) is 0. The first-order valence-corrected chi connectivity index (χ1v) is 7.59. The van der Waals surface area contributed by atoms with Gasteiger partial charge in [-0.25, -0.2) is 0 Å². The molecule has 2 nitrogen and oxygen atoms in total. The van der Waals surface area contributed by atoms with Crippen LogP contribution >= 0.6 is 34.7 Å². The third kappa shape index (κ3) is 2.21. The Kier molecular flexibility index (Phi) is 3.11. The van der Waals surface area contributed by atoms with Gasteiger partial charge < -0.3 is 0 Å². The lowest BCUT2D eigenvalue weighted by Crippen LogP contribution is -1.91. The van der Waals surface area contributed by atoms with Crippen molar-refractivity contribution in [2.24, 2.45) is 0 Å². The van der Waals surface area contributed by atoms with Crippen LogP contribution in [-0.4, -0.2) is 10.2 Å². The molecule has 0 aliphatic carbocycles. The van der Waals surface area contributed by atoms with Crippen molar-refractivity contribution in [2.45, 2.75) is 28.9 Å². The largest absolute Gasteiger partial charge is 0.142 e. The minimum atomic E-state index is -0.0463. The van der Waals surface area contributed by atoms with Crippen molar-refractivity contribution in [1.29, 1.82) is 0 Å². The zero-order valence-corrected chi connectivity index (χ0v) is 11.6. The van der Waals surface area contributed by atoms with E-state index in [0.717, 1.165) is 16.4 Å². The second kappa shape index (κ2) is 4.59. The number of benzene rings is 1. The smallest absolute Gasteiger partial charge is 0.135 e. The summed E-state index contributed by atoms with van der Waals surface area (Å²) in [5.74, 6) is 0. The van der Waals surface area contributed by atoms with E-state index in [0.29, 0.717) is 5.25 Å². The Balaban J connectivity index is 1.84.